The van der Waals surface area contributed by atoms with E-state index in [2.05, 4.69) is 10.4 Å². The van der Waals surface area contributed by atoms with E-state index in [1.165, 1.54) is 10.7 Å². The lowest BCUT2D eigenvalue weighted by atomic mass is 10.1. The van der Waals surface area contributed by atoms with Gasteiger partial charge in [-0.2, -0.15) is 5.10 Å². The molecular formula is C19H18FN3O2. The SMILES string of the molecule is COC(CNC(=O)c1ccn(-c2ccccc2F)n1)c1ccccc1. The maximum atomic E-state index is 13.8. The van der Waals surface area contributed by atoms with Crippen molar-refractivity contribution in [3.05, 3.63) is 83.9 Å². The van der Waals surface area contributed by atoms with Crippen molar-refractivity contribution in [3.8, 4) is 5.69 Å². The highest BCUT2D eigenvalue weighted by Crippen LogP contribution is 2.15. The molecule has 0 saturated carbocycles. The largest absolute Gasteiger partial charge is 0.375 e. The number of nitrogens with zero attached hydrogens (tertiary/aromatic N) is 2. The van der Waals surface area contributed by atoms with Crippen molar-refractivity contribution in [2.75, 3.05) is 13.7 Å². The van der Waals surface area contributed by atoms with Crippen molar-refractivity contribution in [3.63, 3.8) is 0 Å². The third kappa shape index (κ3) is 3.92. The van der Waals surface area contributed by atoms with E-state index in [0.29, 0.717) is 12.2 Å². The Labute approximate surface area is 145 Å². The molecular weight excluding hydrogens is 321 g/mol. The molecule has 3 rings (SSSR count). The molecule has 6 heteroatoms. The van der Waals surface area contributed by atoms with Crippen LogP contribution in [0.25, 0.3) is 5.69 Å². The molecule has 3 aromatic rings. The molecule has 0 saturated heterocycles. The average molecular weight is 339 g/mol. The van der Waals surface area contributed by atoms with Crippen LogP contribution in [0.15, 0.2) is 66.9 Å². The molecule has 0 aliphatic carbocycles. The standard InChI is InChI=1S/C19H18FN3O2/c1-25-18(14-7-3-2-4-8-14)13-21-19(24)16-11-12-23(22-16)17-10-6-5-9-15(17)20/h2-12,18H,13H2,1H3,(H,21,24). The first-order chi connectivity index (χ1) is 12.2. The molecule has 0 radical (unpaired) electrons. The zero-order chi connectivity index (χ0) is 17.6. The number of benzene rings is 2. The van der Waals surface area contributed by atoms with E-state index in [-0.39, 0.29) is 17.7 Å². The van der Waals surface area contributed by atoms with Gasteiger partial charge < -0.3 is 10.1 Å². The van der Waals surface area contributed by atoms with Gasteiger partial charge >= 0.3 is 0 Å². The second-order valence-corrected chi connectivity index (χ2v) is 5.44. The number of hydrogen-bond acceptors (Lipinski definition) is 3. The van der Waals surface area contributed by atoms with Crippen molar-refractivity contribution >= 4 is 5.91 Å². The maximum Gasteiger partial charge on any atom is 0.271 e. The van der Waals surface area contributed by atoms with Crippen LogP contribution in [0.5, 0.6) is 0 Å². The highest BCUT2D eigenvalue weighted by Gasteiger charge is 2.15. The Morgan fingerprint density at radius 2 is 1.88 bits per heavy atom. The quantitative estimate of drug-likeness (QED) is 0.751. The molecule has 1 aromatic heterocycles. The molecule has 1 atom stereocenters. The van der Waals surface area contributed by atoms with Gasteiger partial charge in [-0.05, 0) is 23.8 Å². The van der Waals surface area contributed by atoms with Gasteiger partial charge in [0.25, 0.3) is 5.91 Å². The molecule has 0 bridgehead atoms. The normalized spacial score (nSPS) is 11.9. The zero-order valence-corrected chi connectivity index (χ0v) is 13.7. The first kappa shape index (κ1) is 16.9. The van der Waals surface area contributed by atoms with Crippen LogP contribution in [0.1, 0.15) is 22.2 Å². The fourth-order valence-corrected chi connectivity index (χ4v) is 2.50. The number of amides is 1. The summed E-state index contributed by atoms with van der Waals surface area (Å²) in [6, 6.07) is 17.4. The minimum atomic E-state index is -0.402. The predicted molar refractivity (Wildman–Crippen MR) is 92.0 cm³/mol. The summed E-state index contributed by atoms with van der Waals surface area (Å²) in [5.41, 5.74) is 1.48. The van der Waals surface area contributed by atoms with E-state index < -0.39 is 5.82 Å². The number of rotatable bonds is 6. The lowest BCUT2D eigenvalue weighted by Gasteiger charge is -2.16. The van der Waals surface area contributed by atoms with Crippen LogP contribution < -0.4 is 5.32 Å². The number of ether oxygens (including phenoxy) is 1. The zero-order valence-electron chi connectivity index (χ0n) is 13.7. The van der Waals surface area contributed by atoms with Crippen LogP contribution in [0.4, 0.5) is 4.39 Å². The highest BCUT2D eigenvalue weighted by molar-refractivity contribution is 5.92. The fraction of sp³-hybridized carbons (Fsp3) is 0.158. The first-order valence-electron chi connectivity index (χ1n) is 7.85. The number of aromatic nitrogens is 2. The second kappa shape index (κ2) is 7.72. The summed E-state index contributed by atoms with van der Waals surface area (Å²) in [4.78, 5) is 12.3. The molecule has 0 spiro atoms. The summed E-state index contributed by atoms with van der Waals surface area (Å²) in [7, 11) is 1.59. The van der Waals surface area contributed by atoms with Crippen molar-refractivity contribution in [1.29, 1.82) is 0 Å². The minimum Gasteiger partial charge on any atom is -0.375 e. The lowest BCUT2D eigenvalue weighted by molar-refractivity contribution is 0.0824. The minimum absolute atomic E-state index is 0.214. The summed E-state index contributed by atoms with van der Waals surface area (Å²) in [5, 5.41) is 6.94. The molecule has 1 unspecified atom stereocenters. The summed E-state index contributed by atoms with van der Waals surface area (Å²) >= 11 is 0. The molecule has 128 valence electrons. The van der Waals surface area contributed by atoms with Crippen molar-refractivity contribution in [1.82, 2.24) is 15.1 Å². The van der Waals surface area contributed by atoms with E-state index in [1.54, 1.807) is 37.6 Å². The lowest BCUT2D eigenvalue weighted by Crippen LogP contribution is -2.29. The molecule has 5 nitrogen and oxygen atoms in total. The third-order valence-electron chi connectivity index (χ3n) is 3.82. The highest BCUT2D eigenvalue weighted by atomic mass is 19.1. The van der Waals surface area contributed by atoms with Crippen molar-refractivity contribution < 1.29 is 13.9 Å². The Balaban J connectivity index is 1.67. The number of nitrogens with one attached hydrogen (secondary N) is 1. The fourth-order valence-electron chi connectivity index (χ4n) is 2.50. The van der Waals surface area contributed by atoms with Gasteiger partial charge in [0.05, 0.1) is 6.10 Å². The number of hydrogen-bond donors (Lipinski definition) is 1. The van der Waals surface area contributed by atoms with Gasteiger partial charge in [-0.15, -0.1) is 0 Å². The molecule has 1 N–H and O–H groups in total. The van der Waals surface area contributed by atoms with E-state index in [1.807, 2.05) is 30.3 Å². The third-order valence-corrected chi connectivity index (χ3v) is 3.82. The van der Waals surface area contributed by atoms with Gasteiger partial charge in [-0.1, -0.05) is 42.5 Å². The first-order valence-corrected chi connectivity index (χ1v) is 7.85. The van der Waals surface area contributed by atoms with E-state index in [4.69, 9.17) is 4.74 Å². The summed E-state index contributed by atoms with van der Waals surface area (Å²) in [5.74, 6) is -0.742. The Morgan fingerprint density at radius 3 is 2.60 bits per heavy atom. The van der Waals surface area contributed by atoms with Crippen LogP contribution in [-0.2, 0) is 4.74 Å². The van der Waals surface area contributed by atoms with Crippen LogP contribution in [0, 0.1) is 5.82 Å². The van der Waals surface area contributed by atoms with E-state index in [0.717, 1.165) is 5.56 Å². The van der Waals surface area contributed by atoms with Gasteiger partial charge in [0.2, 0.25) is 0 Å². The van der Waals surface area contributed by atoms with Crippen molar-refractivity contribution in [2.45, 2.75) is 6.10 Å². The van der Waals surface area contributed by atoms with Gasteiger partial charge in [0, 0.05) is 19.9 Å². The Kier molecular flexibility index (Phi) is 5.20. The van der Waals surface area contributed by atoms with Crippen LogP contribution in [0.2, 0.25) is 0 Å². The van der Waals surface area contributed by atoms with Crippen LogP contribution >= 0.6 is 0 Å². The molecule has 25 heavy (non-hydrogen) atoms. The Hall–Kier alpha value is -2.99. The number of para-hydroxylation sites is 1. The second-order valence-electron chi connectivity index (χ2n) is 5.44. The average Bonchev–Trinajstić information content (AvgIpc) is 3.13. The van der Waals surface area contributed by atoms with Gasteiger partial charge in [-0.25, -0.2) is 9.07 Å². The molecule has 1 heterocycles. The Bertz CT molecular complexity index is 849. The van der Waals surface area contributed by atoms with Crippen LogP contribution in [0.3, 0.4) is 0 Å². The van der Waals surface area contributed by atoms with Gasteiger partial charge in [0.15, 0.2) is 5.69 Å². The molecule has 0 aliphatic heterocycles. The number of carbonyl (C=O) groups is 1. The topological polar surface area (TPSA) is 56.1 Å². The van der Waals surface area contributed by atoms with E-state index in [9.17, 15) is 9.18 Å². The molecule has 2 aromatic carbocycles. The van der Waals surface area contributed by atoms with Crippen LogP contribution in [-0.4, -0.2) is 29.3 Å². The molecule has 0 aliphatic rings. The monoisotopic (exact) mass is 339 g/mol. The number of methoxy groups -OCH3 is 1. The number of halogens is 1. The molecule has 1 amide bonds. The summed E-state index contributed by atoms with van der Waals surface area (Å²) in [6.07, 6.45) is 1.30. The molecule has 0 fully saturated rings. The van der Waals surface area contributed by atoms with Crippen molar-refractivity contribution in [2.24, 2.45) is 0 Å². The van der Waals surface area contributed by atoms with Gasteiger partial charge in [-0.3, -0.25) is 4.79 Å². The predicted octanol–water partition coefficient (Wildman–Crippen LogP) is 3.13. The number of carbonyl (C=O) groups excluding carboxylic acids is 1. The smallest absolute Gasteiger partial charge is 0.271 e. The summed E-state index contributed by atoms with van der Waals surface area (Å²) in [6.45, 7) is 0.311. The summed E-state index contributed by atoms with van der Waals surface area (Å²) < 4.78 is 20.6. The Morgan fingerprint density at radius 1 is 1.16 bits per heavy atom. The van der Waals surface area contributed by atoms with E-state index >= 15 is 0 Å². The maximum absolute atomic E-state index is 13.8. The van der Waals surface area contributed by atoms with Gasteiger partial charge in [0.1, 0.15) is 11.5 Å².